The average Bonchev–Trinajstić information content (AvgIpc) is 2.90. The zero-order valence-corrected chi connectivity index (χ0v) is 13.5. The molecule has 0 radical (unpaired) electrons. The molecule has 25 heavy (non-hydrogen) atoms. The summed E-state index contributed by atoms with van der Waals surface area (Å²) >= 11 is 0. The molecule has 7 nitrogen and oxygen atoms in total. The standard InChI is InChI=1S/C18H17N3O4/c22-16-6-7-17(23)25-18(24-16)12-19-8-3-9-21(18)15-11-20-10-13-4-1-2-5-14(13)15/h1-2,4-7,10-11,19H,3,8-9,12H2. The van der Waals surface area contributed by atoms with E-state index in [9.17, 15) is 9.59 Å². The van der Waals surface area contributed by atoms with Gasteiger partial charge in [-0.3, -0.25) is 9.88 Å². The zero-order chi connectivity index (χ0) is 17.3. The van der Waals surface area contributed by atoms with Crippen LogP contribution in [0.5, 0.6) is 0 Å². The van der Waals surface area contributed by atoms with Gasteiger partial charge in [-0.1, -0.05) is 24.3 Å². The maximum Gasteiger partial charge on any atom is 0.356 e. The van der Waals surface area contributed by atoms with Crippen molar-refractivity contribution in [2.24, 2.45) is 0 Å². The fourth-order valence-electron chi connectivity index (χ4n) is 3.22. The first-order valence-corrected chi connectivity index (χ1v) is 8.13. The van der Waals surface area contributed by atoms with Crippen LogP contribution < -0.4 is 10.2 Å². The van der Waals surface area contributed by atoms with Crippen LogP contribution in [0.15, 0.2) is 48.8 Å². The highest BCUT2D eigenvalue weighted by molar-refractivity contribution is 5.96. The summed E-state index contributed by atoms with van der Waals surface area (Å²) in [5.74, 6) is -2.78. The first-order chi connectivity index (χ1) is 12.2. The molecule has 0 amide bonds. The van der Waals surface area contributed by atoms with Crippen LogP contribution >= 0.6 is 0 Å². The van der Waals surface area contributed by atoms with Gasteiger partial charge >= 0.3 is 17.8 Å². The van der Waals surface area contributed by atoms with E-state index in [1.165, 1.54) is 0 Å². The lowest BCUT2D eigenvalue weighted by Crippen LogP contribution is -2.58. The van der Waals surface area contributed by atoms with Crippen LogP contribution in [0, 0.1) is 0 Å². The third-order valence-electron chi connectivity index (χ3n) is 4.31. The molecular formula is C18H17N3O4. The first kappa shape index (κ1) is 15.6. The number of hydrogen-bond donors (Lipinski definition) is 1. The second-order valence-electron chi connectivity index (χ2n) is 5.95. The summed E-state index contributed by atoms with van der Waals surface area (Å²) in [5, 5.41) is 5.08. The number of anilines is 1. The molecule has 0 saturated carbocycles. The Morgan fingerprint density at radius 1 is 1.08 bits per heavy atom. The number of carbonyl (C=O) groups is 2. The zero-order valence-electron chi connectivity index (χ0n) is 13.5. The minimum absolute atomic E-state index is 0.176. The summed E-state index contributed by atoms with van der Waals surface area (Å²) in [7, 11) is 0. The monoisotopic (exact) mass is 339 g/mol. The Kier molecular flexibility index (Phi) is 3.85. The predicted octanol–water partition coefficient (Wildman–Crippen LogP) is 1.34. The van der Waals surface area contributed by atoms with Gasteiger partial charge in [-0.15, -0.1) is 0 Å². The fraction of sp³-hybridized carbons (Fsp3) is 0.278. The molecule has 2 aromatic rings. The molecule has 4 rings (SSSR count). The van der Waals surface area contributed by atoms with E-state index < -0.39 is 17.8 Å². The average molecular weight is 339 g/mol. The van der Waals surface area contributed by atoms with Crippen LogP contribution in [0.3, 0.4) is 0 Å². The highest BCUT2D eigenvalue weighted by atomic mass is 16.8. The van der Waals surface area contributed by atoms with Crippen molar-refractivity contribution in [3.8, 4) is 0 Å². The van der Waals surface area contributed by atoms with E-state index in [1.807, 2.05) is 29.2 Å². The topological polar surface area (TPSA) is 80.8 Å². The molecule has 1 fully saturated rings. The molecule has 1 spiro atoms. The Morgan fingerprint density at radius 3 is 2.64 bits per heavy atom. The Balaban J connectivity index is 1.87. The summed E-state index contributed by atoms with van der Waals surface area (Å²) in [5.41, 5.74) is 0.754. The fourth-order valence-corrected chi connectivity index (χ4v) is 3.22. The Labute approximate surface area is 144 Å². The summed E-state index contributed by atoms with van der Waals surface area (Å²) in [6, 6.07) is 7.79. The molecule has 7 heteroatoms. The number of fused-ring (bicyclic) bond motifs is 1. The molecule has 128 valence electrons. The molecule has 2 aliphatic rings. The van der Waals surface area contributed by atoms with Gasteiger partial charge in [0.1, 0.15) is 0 Å². The van der Waals surface area contributed by atoms with Crippen molar-refractivity contribution in [3.05, 3.63) is 48.8 Å². The summed E-state index contributed by atoms with van der Waals surface area (Å²) < 4.78 is 11.1. The summed E-state index contributed by atoms with van der Waals surface area (Å²) in [6.45, 7) is 1.44. The number of hydrogen-bond acceptors (Lipinski definition) is 7. The van der Waals surface area contributed by atoms with Gasteiger partial charge in [-0.2, -0.15) is 0 Å². The quantitative estimate of drug-likeness (QED) is 0.785. The van der Waals surface area contributed by atoms with E-state index in [-0.39, 0.29) is 6.54 Å². The third kappa shape index (κ3) is 2.83. The van der Waals surface area contributed by atoms with E-state index in [2.05, 4.69) is 10.3 Å². The number of carbonyl (C=O) groups excluding carboxylic acids is 2. The smallest absolute Gasteiger partial charge is 0.356 e. The molecule has 3 heterocycles. The minimum atomic E-state index is -1.54. The number of nitrogens with one attached hydrogen (secondary N) is 1. The second-order valence-corrected chi connectivity index (χ2v) is 5.95. The highest BCUT2D eigenvalue weighted by Gasteiger charge is 2.47. The maximum atomic E-state index is 12.0. The first-order valence-electron chi connectivity index (χ1n) is 8.13. The SMILES string of the molecule is O=C1C=CC(=O)OC2(CNCCCN2c2cncc3ccccc23)O1. The Morgan fingerprint density at radius 2 is 1.84 bits per heavy atom. The molecular weight excluding hydrogens is 322 g/mol. The Hall–Kier alpha value is -2.93. The second kappa shape index (κ2) is 6.18. The van der Waals surface area contributed by atoms with Gasteiger partial charge in [-0.25, -0.2) is 9.59 Å². The van der Waals surface area contributed by atoms with Crippen molar-refractivity contribution in [1.82, 2.24) is 10.3 Å². The molecule has 1 saturated heterocycles. The number of benzene rings is 1. The van der Waals surface area contributed by atoms with E-state index in [1.54, 1.807) is 12.4 Å². The number of esters is 2. The van der Waals surface area contributed by atoms with Gasteiger partial charge < -0.3 is 14.8 Å². The van der Waals surface area contributed by atoms with E-state index in [0.717, 1.165) is 41.6 Å². The van der Waals surface area contributed by atoms with Crippen LogP contribution in [0.1, 0.15) is 6.42 Å². The lowest BCUT2D eigenvalue weighted by atomic mass is 10.1. The van der Waals surface area contributed by atoms with Crippen molar-refractivity contribution in [2.45, 2.75) is 12.3 Å². The molecule has 0 unspecified atom stereocenters. The van der Waals surface area contributed by atoms with Gasteiger partial charge in [-0.05, 0) is 13.0 Å². The van der Waals surface area contributed by atoms with Crippen LogP contribution in [0.4, 0.5) is 5.69 Å². The number of ether oxygens (including phenoxy) is 2. The minimum Gasteiger partial charge on any atom is -0.399 e. The van der Waals surface area contributed by atoms with Gasteiger partial charge in [0.2, 0.25) is 0 Å². The number of pyridine rings is 1. The number of aromatic nitrogens is 1. The number of rotatable bonds is 1. The van der Waals surface area contributed by atoms with E-state index in [0.29, 0.717) is 6.54 Å². The van der Waals surface area contributed by atoms with E-state index in [4.69, 9.17) is 9.47 Å². The number of nitrogens with zero attached hydrogens (tertiary/aromatic N) is 2. The Bertz CT molecular complexity index is 839. The highest BCUT2D eigenvalue weighted by Crippen LogP contribution is 2.34. The molecule has 1 aromatic heterocycles. The van der Waals surface area contributed by atoms with E-state index >= 15 is 0 Å². The van der Waals surface area contributed by atoms with Crippen LogP contribution in [0.25, 0.3) is 10.8 Å². The summed E-state index contributed by atoms with van der Waals surface area (Å²) in [4.78, 5) is 30.2. The van der Waals surface area contributed by atoms with Crippen molar-refractivity contribution in [1.29, 1.82) is 0 Å². The van der Waals surface area contributed by atoms with Crippen LogP contribution in [-0.2, 0) is 19.1 Å². The summed E-state index contributed by atoms with van der Waals surface area (Å²) in [6.07, 6.45) is 6.44. The van der Waals surface area contributed by atoms with Gasteiger partial charge in [0.25, 0.3) is 0 Å². The van der Waals surface area contributed by atoms with Crippen LogP contribution in [-0.4, -0.2) is 42.5 Å². The van der Waals surface area contributed by atoms with Gasteiger partial charge in [0.05, 0.1) is 18.4 Å². The molecule has 0 atom stereocenters. The molecule has 0 bridgehead atoms. The maximum absolute atomic E-state index is 12.0. The van der Waals surface area contributed by atoms with Gasteiger partial charge in [0.15, 0.2) is 0 Å². The predicted molar refractivity (Wildman–Crippen MR) is 90.6 cm³/mol. The largest absolute Gasteiger partial charge is 0.399 e. The molecule has 1 aromatic carbocycles. The molecule has 0 aliphatic carbocycles. The van der Waals surface area contributed by atoms with Crippen molar-refractivity contribution in [3.63, 3.8) is 0 Å². The van der Waals surface area contributed by atoms with Crippen molar-refractivity contribution in [2.75, 3.05) is 24.5 Å². The van der Waals surface area contributed by atoms with Gasteiger partial charge in [0, 0.05) is 35.7 Å². The molecule has 1 N–H and O–H groups in total. The van der Waals surface area contributed by atoms with Crippen LogP contribution in [0.2, 0.25) is 0 Å². The van der Waals surface area contributed by atoms with Crippen molar-refractivity contribution >= 4 is 28.4 Å². The lowest BCUT2D eigenvalue weighted by molar-refractivity contribution is -0.217. The lowest BCUT2D eigenvalue weighted by Gasteiger charge is -2.40. The van der Waals surface area contributed by atoms with Crippen molar-refractivity contribution < 1.29 is 19.1 Å². The third-order valence-corrected chi connectivity index (χ3v) is 4.31. The molecule has 2 aliphatic heterocycles. The normalized spacial score (nSPS) is 20.1.